The maximum atomic E-state index is 12.0. The maximum Gasteiger partial charge on any atom is 0.419 e. The lowest BCUT2D eigenvalue weighted by Crippen LogP contribution is -2.23. The Morgan fingerprint density at radius 2 is 1.93 bits per heavy atom. The number of esters is 1. The first-order valence-corrected chi connectivity index (χ1v) is 8.55. The molecule has 7 nitrogen and oxygen atoms in total. The summed E-state index contributed by atoms with van der Waals surface area (Å²) in [5.41, 5.74) is 3.78. The van der Waals surface area contributed by atoms with E-state index in [-0.39, 0.29) is 19.6 Å². The Morgan fingerprint density at radius 1 is 1.15 bits per heavy atom. The summed E-state index contributed by atoms with van der Waals surface area (Å²) in [7, 11) is 0. The van der Waals surface area contributed by atoms with E-state index in [2.05, 4.69) is 5.32 Å². The topological polar surface area (TPSA) is 90.5 Å². The summed E-state index contributed by atoms with van der Waals surface area (Å²) in [5, 5.41) is 2.71. The van der Waals surface area contributed by atoms with Crippen molar-refractivity contribution in [1.29, 1.82) is 0 Å². The Kier molecular flexibility index (Phi) is 5.40. The number of ether oxygens (including phenoxy) is 1. The van der Waals surface area contributed by atoms with E-state index in [0.29, 0.717) is 16.8 Å². The number of aromatic nitrogens is 1. The first-order chi connectivity index (χ1) is 12.9. The van der Waals surface area contributed by atoms with Gasteiger partial charge in [-0.15, -0.1) is 0 Å². The number of nitrogens with zero attached hydrogens (tertiary/aromatic N) is 1. The zero-order valence-corrected chi connectivity index (χ0v) is 15.2. The zero-order chi connectivity index (χ0) is 19.4. The van der Waals surface area contributed by atoms with Gasteiger partial charge in [-0.3, -0.25) is 14.2 Å². The minimum absolute atomic E-state index is 0.0414. The van der Waals surface area contributed by atoms with Crippen LogP contribution in [0.3, 0.4) is 0 Å². The van der Waals surface area contributed by atoms with Gasteiger partial charge in [0, 0.05) is 12.2 Å². The molecule has 7 heteroatoms. The fourth-order valence-electron chi connectivity index (χ4n) is 2.79. The molecule has 140 valence electrons. The first-order valence-electron chi connectivity index (χ1n) is 8.55. The molecule has 27 heavy (non-hydrogen) atoms. The average Bonchev–Trinajstić information content (AvgIpc) is 2.95. The highest BCUT2D eigenvalue weighted by Gasteiger charge is 2.13. The highest BCUT2D eigenvalue weighted by Crippen LogP contribution is 2.16. The molecular formula is C20H20N2O5. The number of para-hydroxylation sites is 2. The summed E-state index contributed by atoms with van der Waals surface area (Å²) in [5.74, 6) is -1.51. The van der Waals surface area contributed by atoms with Crippen molar-refractivity contribution in [3.05, 3.63) is 64.1 Å². The van der Waals surface area contributed by atoms with Crippen LogP contribution in [-0.4, -0.2) is 23.1 Å². The van der Waals surface area contributed by atoms with E-state index < -0.39 is 17.6 Å². The fourth-order valence-corrected chi connectivity index (χ4v) is 2.79. The van der Waals surface area contributed by atoms with Crippen LogP contribution in [0.4, 0.5) is 5.69 Å². The van der Waals surface area contributed by atoms with Gasteiger partial charge in [-0.1, -0.05) is 29.8 Å². The van der Waals surface area contributed by atoms with E-state index >= 15 is 0 Å². The molecule has 0 spiro atoms. The van der Waals surface area contributed by atoms with Crippen LogP contribution in [0.2, 0.25) is 0 Å². The Labute approximate surface area is 155 Å². The first kappa shape index (κ1) is 18.4. The number of carbonyl (C=O) groups excluding carboxylic acids is 2. The predicted octanol–water partition coefficient (Wildman–Crippen LogP) is 2.78. The molecule has 1 N–H and O–H groups in total. The highest BCUT2D eigenvalue weighted by molar-refractivity contribution is 5.93. The van der Waals surface area contributed by atoms with Crippen LogP contribution in [0.15, 0.2) is 51.7 Å². The second kappa shape index (κ2) is 7.90. The van der Waals surface area contributed by atoms with Crippen molar-refractivity contribution >= 4 is 28.7 Å². The quantitative estimate of drug-likeness (QED) is 0.676. The average molecular weight is 368 g/mol. The number of hydrogen-bond donors (Lipinski definition) is 1. The molecule has 3 rings (SSSR count). The third-order valence-corrected chi connectivity index (χ3v) is 4.13. The summed E-state index contributed by atoms with van der Waals surface area (Å²) in [6, 6.07) is 12.6. The smallest absolute Gasteiger partial charge is 0.419 e. The van der Waals surface area contributed by atoms with Gasteiger partial charge in [-0.05, 0) is 37.6 Å². The number of oxazole rings is 1. The van der Waals surface area contributed by atoms with Gasteiger partial charge in [-0.25, -0.2) is 4.79 Å². The van der Waals surface area contributed by atoms with Crippen LogP contribution >= 0.6 is 0 Å². The third-order valence-electron chi connectivity index (χ3n) is 4.13. The minimum Gasteiger partial charge on any atom is -0.456 e. The predicted molar refractivity (Wildman–Crippen MR) is 101 cm³/mol. The summed E-state index contributed by atoms with van der Waals surface area (Å²) >= 11 is 0. The Balaban J connectivity index is 1.51. The Hall–Kier alpha value is -3.35. The van der Waals surface area contributed by atoms with Crippen LogP contribution in [0.25, 0.3) is 11.1 Å². The van der Waals surface area contributed by atoms with E-state index in [1.54, 1.807) is 30.3 Å². The van der Waals surface area contributed by atoms with Crippen molar-refractivity contribution in [3.63, 3.8) is 0 Å². The maximum absolute atomic E-state index is 12.0. The molecule has 0 aliphatic rings. The van der Waals surface area contributed by atoms with E-state index in [9.17, 15) is 14.4 Å². The third kappa shape index (κ3) is 4.44. The second-order valence-electron chi connectivity index (χ2n) is 6.26. The van der Waals surface area contributed by atoms with Crippen molar-refractivity contribution in [1.82, 2.24) is 4.57 Å². The summed E-state index contributed by atoms with van der Waals surface area (Å²) in [6.07, 6.45) is -0.0414. The minimum atomic E-state index is -0.567. The number of nitrogens with one attached hydrogen (secondary N) is 1. The number of aryl methyl sites for hydroxylation is 3. The molecule has 0 unspecified atom stereocenters. The number of amides is 1. The fraction of sp³-hybridized carbons (Fsp3) is 0.250. The van der Waals surface area contributed by atoms with Crippen molar-refractivity contribution in [2.75, 3.05) is 11.9 Å². The van der Waals surface area contributed by atoms with E-state index in [1.807, 2.05) is 26.0 Å². The zero-order valence-electron chi connectivity index (χ0n) is 15.2. The van der Waals surface area contributed by atoms with Crippen LogP contribution < -0.4 is 11.1 Å². The molecule has 0 radical (unpaired) electrons. The molecule has 1 heterocycles. The lowest BCUT2D eigenvalue weighted by atomic mass is 10.1. The van der Waals surface area contributed by atoms with Crippen LogP contribution in [0.1, 0.15) is 17.5 Å². The lowest BCUT2D eigenvalue weighted by Gasteiger charge is -2.09. The molecule has 0 aliphatic carbocycles. The standard InChI is InChI=1S/C20H20N2O5/c1-13-7-8-15(14(2)11-13)21-18(23)12-26-19(24)9-10-22-16-5-3-4-6-17(16)27-20(22)25/h3-8,11H,9-10,12H2,1-2H3,(H,21,23). The molecule has 2 aromatic carbocycles. The van der Waals surface area contributed by atoms with Gasteiger partial charge in [0.15, 0.2) is 12.2 Å². The number of carbonyl (C=O) groups is 2. The van der Waals surface area contributed by atoms with Gasteiger partial charge in [0.25, 0.3) is 5.91 Å². The number of benzene rings is 2. The van der Waals surface area contributed by atoms with Crippen molar-refractivity contribution < 1.29 is 18.7 Å². The number of anilines is 1. The molecule has 3 aromatic rings. The molecule has 0 fully saturated rings. The molecule has 0 saturated carbocycles. The molecule has 1 aromatic heterocycles. The Morgan fingerprint density at radius 3 is 2.70 bits per heavy atom. The molecule has 0 aliphatic heterocycles. The van der Waals surface area contributed by atoms with E-state index in [1.165, 1.54) is 4.57 Å². The number of fused-ring (bicyclic) bond motifs is 1. The molecule has 0 saturated heterocycles. The van der Waals surface area contributed by atoms with Gasteiger partial charge in [-0.2, -0.15) is 0 Å². The lowest BCUT2D eigenvalue weighted by molar-refractivity contribution is -0.147. The van der Waals surface area contributed by atoms with Gasteiger partial charge >= 0.3 is 11.7 Å². The molecular weight excluding hydrogens is 348 g/mol. The second-order valence-corrected chi connectivity index (χ2v) is 6.26. The largest absolute Gasteiger partial charge is 0.456 e. The normalized spacial score (nSPS) is 10.7. The van der Waals surface area contributed by atoms with E-state index in [0.717, 1.165) is 11.1 Å². The van der Waals surface area contributed by atoms with Crippen molar-refractivity contribution in [2.45, 2.75) is 26.8 Å². The van der Waals surface area contributed by atoms with Gasteiger partial charge in [0.1, 0.15) is 0 Å². The number of rotatable bonds is 6. The van der Waals surface area contributed by atoms with Gasteiger partial charge in [0.05, 0.1) is 11.9 Å². The van der Waals surface area contributed by atoms with Crippen LogP contribution in [0.5, 0.6) is 0 Å². The van der Waals surface area contributed by atoms with E-state index in [4.69, 9.17) is 9.15 Å². The summed E-state index contributed by atoms with van der Waals surface area (Å²) in [4.78, 5) is 35.7. The van der Waals surface area contributed by atoms with Crippen molar-refractivity contribution in [3.8, 4) is 0 Å². The van der Waals surface area contributed by atoms with Crippen LogP contribution in [0, 0.1) is 13.8 Å². The number of hydrogen-bond acceptors (Lipinski definition) is 5. The van der Waals surface area contributed by atoms with Gasteiger partial charge in [0.2, 0.25) is 0 Å². The summed E-state index contributed by atoms with van der Waals surface area (Å²) < 4.78 is 11.5. The SMILES string of the molecule is Cc1ccc(NC(=O)COC(=O)CCn2c(=O)oc3ccccc32)c(C)c1. The summed E-state index contributed by atoms with van der Waals surface area (Å²) in [6.45, 7) is 3.59. The molecule has 0 bridgehead atoms. The highest BCUT2D eigenvalue weighted by atomic mass is 16.5. The monoisotopic (exact) mass is 368 g/mol. The van der Waals surface area contributed by atoms with Crippen molar-refractivity contribution in [2.24, 2.45) is 0 Å². The molecule has 0 atom stereocenters. The van der Waals surface area contributed by atoms with Gasteiger partial charge < -0.3 is 14.5 Å². The Bertz CT molecular complexity index is 1050. The molecule has 1 amide bonds. The van der Waals surface area contributed by atoms with Crippen LogP contribution in [-0.2, 0) is 20.9 Å².